The van der Waals surface area contributed by atoms with Crippen molar-refractivity contribution in [3.8, 4) is 23.3 Å². The maximum Gasteiger partial charge on any atom is 0.277 e. The second-order valence-corrected chi connectivity index (χ2v) is 5.22. The number of benzene rings is 2. The van der Waals surface area contributed by atoms with Gasteiger partial charge in [-0.3, -0.25) is 4.79 Å². The van der Waals surface area contributed by atoms with Crippen LogP contribution in [0.2, 0.25) is 0 Å². The summed E-state index contributed by atoms with van der Waals surface area (Å²) in [7, 11) is 3.13. The minimum absolute atomic E-state index is 0.197. The summed E-state index contributed by atoms with van der Waals surface area (Å²) >= 11 is 0. The van der Waals surface area contributed by atoms with Gasteiger partial charge >= 0.3 is 0 Å². The number of carbonyl (C=O) groups excluding carboxylic acids is 1. The summed E-state index contributed by atoms with van der Waals surface area (Å²) in [4.78, 5) is 11.9. The Bertz CT molecular complexity index is 839. The first kappa shape index (κ1) is 18.8. The second-order valence-electron chi connectivity index (χ2n) is 5.22. The van der Waals surface area contributed by atoms with Crippen LogP contribution in [0.25, 0.3) is 0 Å². The third kappa shape index (κ3) is 4.98. The van der Waals surface area contributed by atoms with Crippen molar-refractivity contribution in [1.82, 2.24) is 5.43 Å². The molecular formula is C19H19N3O4. The fraction of sp³-hybridized carbons (Fsp3) is 0.211. The Labute approximate surface area is 151 Å². The quantitative estimate of drug-likeness (QED) is 0.610. The molecule has 0 fully saturated rings. The molecule has 0 aliphatic rings. The van der Waals surface area contributed by atoms with Crippen LogP contribution in [-0.4, -0.2) is 32.4 Å². The van der Waals surface area contributed by atoms with Crippen LogP contribution >= 0.6 is 0 Å². The zero-order valence-corrected chi connectivity index (χ0v) is 14.8. The summed E-state index contributed by atoms with van der Waals surface area (Å²) in [6, 6.07) is 13.8. The van der Waals surface area contributed by atoms with Gasteiger partial charge in [0.25, 0.3) is 5.91 Å². The Morgan fingerprint density at radius 2 is 1.81 bits per heavy atom. The van der Waals surface area contributed by atoms with E-state index in [4.69, 9.17) is 19.5 Å². The molecule has 0 atom stereocenters. The molecule has 2 aromatic carbocycles. The van der Waals surface area contributed by atoms with E-state index in [0.717, 1.165) is 0 Å². The number of nitrogens with zero attached hydrogens (tertiary/aromatic N) is 2. The van der Waals surface area contributed by atoms with Gasteiger partial charge in [0.1, 0.15) is 17.2 Å². The Balaban J connectivity index is 1.97. The highest BCUT2D eigenvalue weighted by molar-refractivity contribution is 6.02. The van der Waals surface area contributed by atoms with Crippen LogP contribution in [0.4, 0.5) is 0 Å². The highest BCUT2D eigenvalue weighted by Crippen LogP contribution is 2.24. The van der Waals surface area contributed by atoms with E-state index in [1.165, 1.54) is 0 Å². The lowest BCUT2D eigenvalue weighted by molar-refractivity contribution is -0.123. The van der Waals surface area contributed by atoms with Crippen molar-refractivity contribution in [2.45, 2.75) is 6.92 Å². The molecule has 0 radical (unpaired) electrons. The van der Waals surface area contributed by atoms with E-state index in [9.17, 15) is 4.79 Å². The van der Waals surface area contributed by atoms with Crippen LogP contribution in [0.1, 0.15) is 18.1 Å². The predicted molar refractivity (Wildman–Crippen MR) is 96.6 cm³/mol. The molecule has 1 amide bonds. The summed E-state index contributed by atoms with van der Waals surface area (Å²) in [5, 5.41) is 12.8. The van der Waals surface area contributed by atoms with Crippen LogP contribution in [-0.2, 0) is 4.79 Å². The first-order chi connectivity index (χ1) is 12.6. The number of hydrogen-bond donors (Lipinski definition) is 1. The Morgan fingerprint density at radius 3 is 2.42 bits per heavy atom. The summed E-state index contributed by atoms with van der Waals surface area (Å²) in [5.74, 6) is 1.37. The Kier molecular flexibility index (Phi) is 6.57. The molecule has 0 aliphatic heterocycles. The first-order valence-electron chi connectivity index (χ1n) is 7.76. The standard InChI is InChI=1S/C19H19N3O4/c1-13(17-10-16(24-2)8-9-18(17)25-3)21-22-19(23)12-26-15-6-4-14(11-20)5-7-15/h4-10H,12H2,1-3H3,(H,22,23)/b21-13-. The van der Waals surface area contributed by atoms with E-state index in [1.807, 2.05) is 6.07 Å². The largest absolute Gasteiger partial charge is 0.497 e. The minimum Gasteiger partial charge on any atom is -0.497 e. The highest BCUT2D eigenvalue weighted by atomic mass is 16.5. The number of rotatable bonds is 7. The second kappa shape index (κ2) is 9.08. The molecule has 2 rings (SSSR count). The van der Waals surface area contributed by atoms with Crippen molar-refractivity contribution in [3.63, 3.8) is 0 Å². The Hall–Kier alpha value is -3.53. The van der Waals surface area contributed by atoms with Crippen molar-refractivity contribution in [1.29, 1.82) is 5.26 Å². The fourth-order valence-electron chi connectivity index (χ4n) is 2.11. The van der Waals surface area contributed by atoms with E-state index in [1.54, 1.807) is 63.6 Å². The van der Waals surface area contributed by atoms with Gasteiger partial charge in [0, 0.05) is 5.56 Å². The molecule has 0 saturated carbocycles. The van der Waals surface area contributed by atoms with Crippen LogP contribution in [0.5, 0.6) is 17.2 Å². The molecule has 0 saturated heterocycles. The van der Waals surface area contributed by atoms with E-state index in [2.05, 4.69) is 10.5 Å². The molecule has 0 aromatic heterocycles. The third-order valence-electron chi connectivity index (χ3n) is 3.50. The van der Waals surface area contributed by atoms with Gasteiger partial charge in [-0.15, -0.1) is 0 Å². The molecule has 7 nitrogen and oxygen atoms in total. The van der Waals surface area contributed by atoms with Crippen LogP contribution in [0.3, 0.4) is 0 Å². The highest BCUT2D eigenvalue weighted by Gasteiger charge is 2.09. The lowest BCUT2D eigenvalue weighted by Crippen LogP contribution is -2.25. The fourth-order valence-corrected chi connectivity index (χ4v) is 2.11. The summed E-state index contributed by atoms with van der Waals surface area (Å²) in [5.41, 5.74) is 4.23. The van der Waals surface area contributed by atoms with Gasteiger partial charge in [-0.2, -0.15) is 10.4 Å². The molecule has 0 spiro atoms. The zero-order valence-electron chi connectivity index (χ0n) is 14.8. The number of hydrogen-bond acceptors (Lipinski definition) is 6. The van der Waals surface area contributed by atoms with Gasteiger partial charge in [-0.05, 0) is 49.4 Å². The van der Waals surface area contributed by atoms with E-state index < -0.39 is 5.91 Å². The maximum atomic E-state index is 11.9. The molecule has 0 heterocycles. The SMILES string of the molecule is COc1ccc(OC)c(/C(C)=N\NC(=O)COc2ccc(C#N)cc2)c1. The number of carbonyl (C=O) groups is 1. The number of nitrogens with one attached hydrogen (secondary N) is 1. The van der Waals surface area contributed by atoms with Gasteiger partial charge in [0.15, 0.2) is 6.61 Å². The maximum absolute atomic E-state index is 11.9. The molecule has 0 aliphatic carbocycles. The number of hydrazone groups is 1. The Morgan fingerprint density at radius 1 is 1.12 bits per heavy atom. The van der Waals surface area contributed by atoms with Crippen LogP contribution in [0.15, 0.2) is 47.6 Å². The van der Waals surface area contributed by atoms with Gasteiger partial charge in [-0.1, -0.05) is 0 Å². The van der Waals surface area contributed by atoms with E-state index in [-0.39, 0.29) is 6.61 Å². The predicted octanol–water partition coefficient (Wildman–Crippen LogP) is 2.49. The van der Waals surface area contributed by atoms with Gasteiger partial charge in [0.2, 0.25) is 0 Å². The lowest BCUT2D eigenvalue weighted by Gasteiger charge is -2.10. The third-order valence-corrected chi connectivity index (χ3v) is 3.50. The lowest BCUT2D eigenvalue weighted by atomic mass is 10.1. The van der Waals surface area contributed by atoms with Crippen molar-refractivity contribution < 1.29 is 19.0 Å². The van der Waals surface area contributed by atoms with Crippen LogP contribution in [0, 0.1) is 11.3 Å². The normalized spacial score (nSPS) is 10.6. The molecule has 1 N–H and O–H groups in total. The van der Waals surface area contributed by atoms with Crippen molar-refractivity contribution in [3.05, 3.63) is 53.6 Å². The molecule has 0 bridgehead atoms. The first-order valence-corrected chi connectivity index (χ1v) is 7.76. The summed E-state index contributed by atoms with van der Waals surface area (Å²) in [6.07, 6.45) is 0. The summed E-state index contributed by atoms with van der Waals surface area (Å²) in [6.45, 7) is 1.55. The molecule has 2 aromatic rings. The van der Waals surface area contributed by atoms with Crippen molar-refractivity contribution in [2.75, 3.05) is 20.8 Å². The van der Waals surface area contributed by atoms with Gasteiger partial charge in [-0.25, -0.2) is 5.43 Å². The topological polar surface area (TPSA) is 92.9 Å². The smallest absolute Gasteiger partial charge is 0.277 e. The van der Waals surface area contributed by atoms with Crippen LogP contribution < -0.4 is 19.6 Å². The number of nitriles is 1. The van der Waals surface area contributed by atoms with Crippen molar-refractivity contribution in [2.24, 2.45) is 5.10 Å². The minimum atomic E-state index is -0.407. The van der Waals surface area contributed by atoms with Crippen molar-refractivity contribution >= 4 is 11.6 Å². The zero-order chi connectivity index (χ0) is 18.9. The molecule has 134 valence electrons. The van der Waals surface area contributed by atoms with Gasteiger partial charge in [0.05, 0.1) is 31.6 Å². The monoisotopic (exact) mass is 353 g/mol. The molecule has 0 unspecified atom stereocenters. The molecule has 7 heteroatoms. The number of amides is 1. The van der Waals surface area contributed by atoms with E-state index in [0.29, 0.717) is 34.1 Å². The average molecular weight is 353 g/mol. The molecular weight excluding hydrogens is 334 g/mol. The number of ether oxygens (including phenoxy) is 3. The van der Waals surface area contributed by atoms with E-state index >= 15 is 0 Å². The average Bonchev–Trinajstić information content (AvgIpc) is 2.70. The van der Waals surface area contributed by atoms with Gasteiger partial charge < -0.3 is 14.2 Å². The number of methoxy groups -OCH3 is 2. The summed E-state index contributed by atoms with van der Waals surface area (Å²) < 4.78 is 15.8. The molecule has 26 heavy (non-hydrogen) atoms.